The molecule has 2 aromatic heterocycles. The number of hydrogen-bond donors (Lipinski definition) is 3. The Morgan fingerprint density at radius 2 is 1.88 bits per heavy atom. The van der Waals surface area contributed by atoms with E-state index in [1.165, 1.54) is 7.11 Å². The van der Waals surface area contributed by atoms with Gasteiger partial charge in [-0.3, -0.25) is 5.10 Å². The molecule has 0 fully saturated rings. The van der Waals surface area contributed by atoms with Crippen LogP contribution in [0.15, 0.2) is 36.4 Å². The number of ether oxygens (including phenoxy) is 3. The van der Waals surface area contributed by atoms with Gasteiger partial charge in [0.05, 0.1) is 25.7 Å². The molecular formula is C22H21F2N5O4. The number of aliphatic hydroxyl groups is 1. The molecule has 0 unspecified atom stereocenters. The standard InChI is InChI=1S/C22H21F2N5O4/c1-11(30)10-25-20-18-19(14-6-5-13(31-2)9-17(14)32-3)28-29-21(18)27-22(26-20)33-16-7-4-12(23)8-15(16)24/h4-9,11,30H,10H2,1-3H3,(H2,25,26,27,28,29)/t11-/m0/s1. The second-order valence-electron chi connectivity index (χ2n) is 7.12. The van der Waals surface area contributed by atoms with Gasteiger partial charge in [0.1, 0.15) is 28.8 Å². The molecule has 11 heteroatoms. The normalized spacial score (nSPS) is 11.9. The third-order valence-corrected chi connectivity index (χ3v) is 4.72. The van der Waals surface area contributed by atoms with Crippen LogP contribution in [0, 0.1) is 11.6 Å². The zero-order valence-corrected chi connectivity index (χ0v) is 18.0. The minimum Gasteiger partial charge on any atom is -0.497 e. The molecule has 1 atom stereocenters. The van der Waals surface area contributed by atoms with Gasteiger partial charge in [0.15, 0.2) is 17.2 Å². The number of aromatic amines is 1. The molecule has 0 aliphatic rings. The molecule has 0 spiro atoms. The second kappa shape index (κ2) is 9.25. The highest BCUT2D eigenvalue weighted by Crippen LogP contribution is 2.38. The predicted molar refractivity (Wildman–Crippen MR) is 117 cm³/mol. The molecule has 0 radical (unpaired) electrons. The maximum Gasteiger partial charge on any atom is 0.326 e. The van der Waals surface area contributed by atoms with Gasteiger partial charge in [-0.15, -0.1) is 0 Å². The van der Waals surface area contributed by atoms with E-state index >= 15 is 0 Å². The summed E-state index contributed by atoms with van der Waals surface area (Å²) in [6, 6.07) is 7.97. The number of rotatable bonds is 8. The average molecular weight is 457 g/mol. The largest absolute Gasteiger partial charge is 0.497 e. The van der Waals surface area contributed by atoms with Crippen molar-refractivity contribution in [3.8, 4) is 34.5 Å². The van der Waals surface area contributed by atoms with Gasteiger partial charge in [0.25, 0.3) is 0 Å². The van der Waals surface area contributed by atoms with Crippen LogP contribution in [0.5, 0.6) is 23.3 Å². The Bertz CT molecular complexity index is 1300. The van der Waals surface area contributed by atoms with E-state index in [0.29, 0.717) is 45.7 Å². The van der Waals surface area contributed by atoms with Crippen molar-refractivity contribution in [2.45, 2.75) is 13.0 Å². The Balaban J connectivity index is 1.83. The lowest BCUT2D eigenvalue weighted by Crippen LogP contribution is -2.16. The SMILES string of the molecule is COc1ccc(-c2n[nH]c3nc(Oc4ccc(F)cc4F)nc(NC[C@H](C)O)c23)c(OC)c1. The van der Waals surface area contributed by atoms with Crippen molar-refractivity contribution in [2.24, 2.45) is 0 Å². The van der Waals surface area contributed by atoms with E-state index in [0.717, 1.165) is 12.1 Å². The van der Waals surface area contributed by atoms with Gasteiger partial charge >= 0.3 is 6.01 Å². The topological polar surface area (TPSA) is 114 Å². The predicted octanol–water partition coefficient (Wildman–Crippen LogP) is 3.90. The summed E-state index contributed by atoms with van der Waals surface area (Å²) in [5.41, 5.74) is 1.42. The summed E-state index contributed by atoms with van der Waals surface area (Å²) in [4.78, 5) is 8.62. The number of benzene rings is 2. The molecule has 0 amide bonds. The summed E-state index contributed by atoms with van der Waals surface area (Å²) in [6.45, 7) is 1.78. The zero-order chi connectivity index (χ0) is 23.5. The van der Waals surface area contributed by atoms with Crippen LogP contribution >= 0.6 is 0 Å². The molecule has 0 saturated carbocycles. The minimum absolute atomic E-state index is 0.167. The summed E-state index contributed by atoms with van der Waals surface area (Å²) >= 11 is 0. The lowest BCUT2D eigenvalue weighted by atomic mass is 10.1. The maximum atomic E-state index is 14.1. The van der Waals surface area contributed by atoms with E-state index in [2.05, 4.69) is 25.5 Å². The lowest BCUT2D eigenvalue weighted by Gasteiger charge is -2.13. The average Bonchev–Trinajstić information content (AvgIpc) is 3.22. The van der Waals surface area contributed by atoms with E-state index in [-0.39, 0.29) is 18.3 Å². The van der Waals surface area contributed by atoms with Crippen LogP contribution in [0.25, 0.3) is 22.3 Å². The Kier molecular flexibility index (Phi) is 6.22. The summed E-state index contributed by atoms with van der Waals surface area (Å²) in [5.74, 6) is -0.462. The van der Waals surface area contributed by atoms with Crippen molar-refractivity contribution in [3.05, 3.63) is 48.0 Å². The van der Waals surface area contributed by atoms with Crippen molar-refractivity contribution in [2.75, 3.05) is 26.1 Å². The number of hydrogen-bond acceptors (Lipinski definition) is 8. The highest BCUT2D eigenvalue weighted by Gasteiger charge is 2.21. The molecular weight excluding hydrogens is 436 g/mol. The highest BCUT2D eigenvalue weighted by atomic mass is 19.1. The smallest absolute Gasteiger partial charge is 0.326 e. The van der Waals surface area contributed by atoms with Crippen LogP contribution < -0.4 is 19.5 Å². The summed E-state index contributed by atoms with van der Waals surface area (Å²) < 4.78 is 43.5. The van der Waals surface area contributed by atoms with E-state index in [4.69, 9.17) is 14.2 Å². The van der Waals surface area contributed by atoms with Crippen LogP contribution in [-0.4, -0.2) is 52.1 Å². The number of nitrogens with one attached hydrogen (secondary N) is 2. The lowest BCUT2D eigenvalue weighted by molar-refractivity contribution is 0.208. The van der Waals surface area contributed by atoms with Gasteiger partial charge in [-0.05, 0) is 31.2 Å². The first-order valence-corrected chi connectivity index (χ1v) is 9.93. The molecule has 3 N–H and O–H groups in total. The van der Waals surface area contributed by atoms with Crippen LogP contribution in [0.3, 0.4) is 0 Å². The van der Waals surface area contributed by atoms with Crippen molar-refractivity contribution < 1.29 is 28.1 Å². The third-order valence-electron chi connectivity index (χ3n) is 4.72. The van der Waals surface area contributed by atoms with Gasteiger partial charge in [0, 0.05) is 24.2 Å². The summed E-state index contributed by atoms with van der Waals surface area (Å²) in [7, 11) is 3.08. The maximum absolute atomic E-state index is 14.1. The van der Waals surface area contributed by atoms with E-state index in [1.54, 1.807) is 32.2 Å². The number of aromatic nitrogens is 4. The van der Waals surface area contributed by atoms with Gasteiger partial charge < -0.3 is 24.6 Å². The van der Waals surface area contributed by atoms with Gasteiger partial charge in [-0.2, -0.15) is 15.1 Å². The second-order valence-corrected chi connectivity index (χ2v) is 7.12. The third kappa shape index (κ3) is 4.62. The minimum atomic E-state index is -0.898. The first-order chi connectivity index (χ1) is 15.9. The summed E-state index contributed by atoms with van der Waals surface area (Å²) in [5, 5.41) is 20.5. The Labute approximate surface area is 187 Å². The summed E-state index contributed by atoms with van der Waals surface area (Å²) in [6.07, 6.45) is -0.681. The van der Waals surface area contributed by atoms with E-state index in [9.17, 15) is 13.9 Å². The molecule has 2 heterocycles. The zero-order valence-electron chi connectivity index (χ0n) is 18.0. The molecule has 4 rings (SSSR count). The molecule has 2 aromatic carbocycles. The van der Waals surface area contributed by atoms with Gasteiger partial charge in [-0.1, -0.05) is 0 Å². The molecule has 172 valence electrons. The van der Waals surface area contributed by atoms with Crippen LogP contribution in [0.4, 0.5) is 14.6 Å². The van der Waals surface area contributed by atoms with Gasteiger partial charge in [-0.25, -0.2) is 8.78 Å². The number of H-pyrrole nitrogens is 1. The fraction of sp³-hybridized carbons (Fsp3) is 0.227. The molecule has 0 bridgehead atoms. The molecule has 4 aromatic rings. The van der Waals surface area contributed by atoms with Crippen LogP contribution in [0.1, 0.15) is 6.92 Å². The number of methoxy groups -OCH3 is 2. The highest BCUT2D eigenvalue weighted by molar-refractivity contribution is 6.00. The number of halogens is 2. The quantitative estimate of drug-likeness (QED) is 0.365. The number of nitrogens with zero attached hydrogens (tertiary/aromatic N) is 3. The number of aliphatic hydroxyl groups excluding tert-OH is 1. The molecule has 0 aliphatic heterocycles. The van der Waals surface area contributed by atoms with E-state index < -0.39 is 17.7 Å². The van der Waals surface area contributed by atoms with Gasteiger partial charge in [0.2, 0.25) is 0 Å². The van der Waals surface area contributed by atoms with Crippen molar-refractivity contribution in [1.29, 1.82) is 0 Å². The Morgan fingerprint density at radius 3 is 2.58 bits per heavy atom. The first-order valence-electron chi connectivity index (χ1n) is 9.93. The molecule has 0 saturated heterocycles. The Morgan fingerprint density at radius 1 is 1.06 bits per heavy atom. The monoisotopic (exact) mass is 457 g/mol. The molecule has 33 heavy (non-hydrogen) atoms. The Hall–Kier alpha value is -3.99. The van der Waals surface area contributed by atoms with Crippen molar-refractivity contribution in [3.63, 3.8) is 0 Å². The number of fused-ring (bicyclic) bond motifs is 1. The first kappa shape index (κ1) is 22.2. The number of anilines is 1. The van der Waals surface area contributed by atoms with Crippen molar-refractivity contribution in [1.82, 2.24) is 20.2 Å². The fourth-order valence-corrected chi connectivity index (χ4v) is 3.17. The van der Waals surface area contributed by atoms with Crippen LogP contribution in [0.2, 0.25) is 0 Å². The van der Waals surface area contributed by atoms with Crippen molar-refractivity contribution >= 4 is 16.9 Å². The fourth-order valence-electron chi connectivity index (χ4n) is 3.17. The van der Waals surface area contributed by atoms with Crippen LogP contribution in [-0.2, 0) is 0 Å². The molecule has 9 nitrogen and oxygen atoms in total. The molecule has 0 aliphatic carbocycles. The van der Waals surface area contributed by atoms with E-state index in [1.807, 2.05) is 0 Å².